The van der Waals surface area contributed by atoms with Crippen molar-refractivity contribution in [3.05, 3.63) is 41.6 Å². The molecule has 1 aromatic carbocycles. The zero-order chi connectivity index (χ0) is 21.3. The summed E-state index contributed by atoms with van der Waals surface area (Å²) in [5.41, 5.74) is 1.47. The zero-order valence-corrected chi connectivity index (χ0v) is 18.9. The topological polar surface area (TPSA) is 117 Å². The largest absolute Gasteiger partial charge is 0.419 e. The zero-order valence-electron chi connectivity index (χ0n) is 16.5. The number of imidazole rings is 1. The maximum Gasteiger partial charge on any atom is 0.257 e. The number of thiophene rings is 1. The van der Waals surface area contributed by atoms with Crippen LogP contribution in [-0.2, 0) is 16.6 Å². The molecule has 0 aliphatic rings. The molecular formula is C19H21N5O3S3. The maximum absolute atomic E-state index is 11.7. The number of nitrogens with zero attached hydrogens (tertiary/aromatic N) is 4. The van der Waals surface area contributed by atoms with E-state index >= 15 is 0 Å². The second kappa shape index (κ2) is 8.50. The van der Waals surface area contributed by atoms with E-state index in [1.54, 1.807) is 17.4 Å². The van der Waals surface area contributed by atoms with Crippen LogP contribution in [0.25, 0.3) is 21.8 Å². The Labute approximate surface area is 182 Å². The number of aromatic nitrogens is 4. The summed E-state index contributed by atoms with van der Waals surface area (Å²) in [5, 5.41) is 16.2. The van der Waals surface area contributed by atoms with E-state index in [1.807, 2.05) is 24.4 Å². The molecule has 1 unspecified atom stereocenters. The smallest absolute Gasteiger partial charge is 0.257 e. The van der Waals surface area contributed by atoms with E-state index in [2.05, 4.69) is 26.7 Å². The molecule has 2 N–H and O–H groups in total. The molecule has 0 aliphatic heterocycles. The third kappa shape index (κ3) is 4.29. The van der Waals surface area contributed by atoms with Crippen molar-refractivity contribution in [2.45, 2.75) is 48.5 Å². The fourth-order valence-electron chi connectivity index (χ4n) is 2.99. The van der Waals surface area contributed by atoms with Crippen molar-refractivity contribution >= 4 is 44.2 Å². The molecule has 0 spiro atoms. The minimum atomic E-state index is -3.79. The molecule has 158 valence electrons. The van der Waals surface area contributed by atoms with Crippen LogP contribution in [0.5, 0.6) is 0 Å². The molecule has 0 amide bonds. The van der Waals surface area contributed by atoms with Gasteiger partial charge in [0.15, 0.2) is 5.16 Å². The van der Waals surface area contributed by atoms with Gasteiger partial charge in [-0.2, -0.15) is 0 Å². The number of benzene rings is 1. The SMILES string of the molecule is CCCCn1c(SC(C)c2nnc(-c3cccs3)o2)nc2cc(S(N)(=O)=O)ccc21. The first-order valence-electron chi connectivity index (χ1n) is 9.44. The Hall–Kier alpha value is -2.21. The van der Waals surface area contributed by atoms with Crippen LogP contribution in [0.1, 0.15) is 37.8 Å². The molecule has 11 heteroatoms. The number of hydrogen-bond acceptors (Lipinski definition) is 8. The normalized spacial score (nSPS) is 13.2. The van der Waals surface area contributed by atoms with Crippen molar-refractivity contribution in [3.63, 3.8) is 0 Å². The molecule has 0 fully saturated rings. The summed E-state index contributed by atoms with van der Waals surface area (Å²) in [4.78, 5) is 5.66. The fraction of sp³-hybridized carbons (Fsp3) is 0.316. The predicted octanol–water partition coefficient (Wildman–Crippen LogP) is 4.45. The Balaban J connectivity index is 1.66. The summed E-state index contributed by atoms with van der Waals surface area (Å²) in [7, 11) is -3.79. The number of aryl methyl sites for hydroxylation is 1. The van der Waals surface area contributed by atoms with Crippen molar-refractivity contribution in [1.82, 2.24) is 19.7 Å². The molecule has 3 aromatic heterocycles. The summed E-state index contributed by atoms with van der Waals surface area (Å²) in [6, 6.07) is 8.67. The Morgan fingerprint density at radius 3 is 2.83 bits per heavy atom. The molecule has 1 atom stereocenters. The summed E-state index contributed by atoms with van der Waals surface area (Å²) in [6.07, 6.45) is 2.01. The summed E-state index contributed by atoms with van der Waals surface area (Å²) < 4.78 is 31.4. The van der Waals surface area contributed by atoms with Gasteiger partial charge in [-0.15, -0.1) is 21.5 Å². The lowest BCUT2D eigenvalue weighted by Crippen LogP contribution is -2.11. The van der Waals surface area contributed by atoms with Gasteiger partial charge in [-0.25, -0.2) is 18.5 Å². The van der Waals surface area contributed by atoms with Gasteiger partial charge in [0.05, 0.1) is 26.1 Å². The summed E-state index contributed by atoms with van der Waals surface area (Å²) in [6.45, 7) is 4.88. The highest BCUT2D eigenvalue weighted by Gasteiger charge is 2.21. The van der Waals surface area contributed by atoms with E-state index in [9.17, 15) is 8.42 Å². The first kappa shape index (κ1) is 21.0. The van der Waals surface area contributed by atoms with Gasteiger partial charge >= 0.3 is 0 Å². The minimum Gasteiger partial charge on any atom is -0.419 e. The van der Waals surface area contributed by atoms with Crippen LogP contribution in [0.4, 0.5) is 0 Å². The second-order valence-electron chi connectivity index (χ2n) is 6.78. The van der Waals surface area contributed by atoms with Crippen LogP contribution in [0.3, 0.4) is 0 Å². The van der Waals surface area contributed by atoms with Gasteiger partial charge < -0.3 is 8.98 Å². The predicted molar refractivity (Wildman–Crippen MR) is 118 cm³/mol. The van der Waals surface area contributed by atoms with Crippen LogP contribution >= 0.6 is 23.1 Å². The minimum absolute atomic E-state index is 0.0530. The third-order valence-electron chi connectivity index (χ3n) is 4.55. The third-order valence-corrected chi connectivity index (χ3v) is 7.40. The molecule has 0 aliphatic carbocycles. The lowest BCUT2D eigenvalue weighted by Gasteiger charge is -2.10. The van der Waals surface area contributed by atoms with E-state index in [4.69, 9.17) is 9.56 Å². The van der Waals surface area contributed by atoms with Crippen LogP contribution in [0, 0.1) is 0 Å². The van der Waals surface area contributed by atoms with Crippen molar-refractivity contribution in [1.29, 1.82) is 0 Å². The van der Waals surface area contributed by atoms with Crippen LogP contribution in [0.2, 0.25) is 0 Å². The number of primary sulfonamides is 1. The lowest BCUT2D eigenvalue weighted by atomic mass is 10.3. The van der Waals surface area contributed by atoms with E-state index in [0.717, 1.165) is 34.9 Å². The van der Waals surface area contributed by atoms with Crippen molar-refractivity contribution in [2.24, 2.45) is 5.14 Å². The number of rotatable bonds is 8. The fourth-order valence-corrected chi connectivity index (χ4v) is 5.15. The highest BCUT2D eigenvalue weighted by molar-refractivity contribution is 7.99. The molecule has 8 nitrogen and oxygen atoms in total. The van der Waals surface area contributed by atoms with Gasteiger partial charge in [0.25, 0.3) is 5.89 Å². The van der Waals surface area contributed by atoms with Gasteiger partial charge in [-0.1, -0.05) is 31.2 Å². The Bertz CT molecular complexity index is 1260. The Morgan fingerprint density at radius 2 is 2.13 bits per heavy atom. The lowest BCUT2D eigenvalue weighted by molar-refractivity contribution is 0.509. The number of unbranched alkanes of at least 4 members (excludes halogenated alkanes) is 1. The van der Waals surface area contributed by atoms with Gasteiger partial charge in [0.1, 0.15) is 0 Å². The number of nitrogens with two attached hydrogens (primary N) is 1. The van der Waals surface area contributed by atoms with E-state index in [1.165, 1.54) is 23.9 Å². The Kier molecular flexibility index (Phi) is 5.96. The van der Waals surface area contributed by atoms with Gasteiger partial charge in [0, 0.05) is 6.54 Å². The van der Waals surface area contributed by atoms with Gasteiger partial charge in [0.2, 0.25) is 15.9 Å². The quantitative estimate of drug-likeness (QED) is 0.384. The van der Waals surface area contributed by atoms with Crippen LogP contribution in [0.15, 0.2) is 50.2 Å². The number of hydrogen-bond donors (Lipinski definition) is 1. The number of sulfonamides is 1. The molecule has 30 heavy (non-hydrogen) atoms. The molecule has 0 radical (unpaired) electrons. The molecule has 4 aromatic rings. The molecule has 0 saturated heterocycles. The summed E-state index contributed by atoms with van der Waals surface area (Å²) >= 11 is 3.05. The average molecular weight is 464 g/mol. The van der Waals surface area contributed by atoms with E-state index < -0.39 is 10.0 Å². The first-order valence-corrected chi connectivity index (χ1v) is 12.7. The van der Waals surface area contributed by atoms with Gasteiger partial charge in [-0.05, 0) is 43.0 Å². The van der Waals surface area contributed by atoms with Crippen LogP contribution in [-0.4, -0.2) is 28.2 Å². The van der Waals surface area contributed by atoms with Gasteiger partial charge in [-0.3, -0.25) is 0 Å². The van der Waals surface area contributed by atoms with Crippen molar-refractivity contribution in [3.8, 4) is 10.8 Å². The van der Waals surface area contributed by atoms with E-state index in [0.29, 0.717) is 17.3 Å². The number of fused-ring (bicyclic) bond motifs is 1. The first-order chi connectivity index (χ1) is 14.4. The Morgan fingerprint density at radius 1 is 1.30 bits per heavy atom. The number of thioether (sulfide) groups is 1. The van der Waals surface area contributed by atoms with Crippen LogP contribution < -0.4 is 5.14 Å². The second-order valence-corrected chi connectivity index (χ2v) is 10.6. The standard InChI is InChI=1S/C19H21N5O3S3/c1-3-4-9-24-15-8-7-13(30(20,25)26)11-14(15)21-19(24)29-12(2)17-22-23-18(27-17)16-6-5-10-28-16/h5-8,10-12H,3-4,9H2,1-2H3,(H2,20,25,26). The summed E-state index contributed by atoms with van der Waals surface area (Å²) in [5.74, 6) is 1.02. The molecule has 0 bridgehead atoms. The highest BCUT2D eigenvalue weighted by atomic mass is 32.2. The van der Waals surface area contributed by atoms with E-state index in [-0.39, 0.29) is 10.1 Å². The van der Waals surface area contributed by atoms with Crippen molar-refractivity contribution in [2.75, 3.05) is 0 Å². The highest BCUT2D eigenvalue weighted by Crippen LogP contribution is 2.37. The monoisotopic (exact) mass is 463 g/mol. The molecule has 3 heterocycles. The maximum atomic E-state index is 11.7. The average Bonchev–Trinajstić information content (AvgIpc) is 3.44. The molecular weight excluding hydrogens is 442 g/mol. The molecule has 4 rings (SSSR count). The van der Waals surface area contributed by atoms with Crippen molar-refractivity contribution < 1.29 is 12.8 Å². The molecule has 0 saturated carbocycles.